The molecule has 2 heteroatoms. The van der Waals surface area contributed by atoms with Gasteiger partial charge in [-0.2, -0.15) is 0 Å². The molecule has 1 aromatic rings. The number of rotatable bonds is 4. The number of anilines is 1. The summed E-state index contributed by atoms with van der Waals surface area (Å²) in [5.41, 5.74) is 1.98. The Morgan fingerprint density at radius 2 is 1.94 bits per heavy atom. The minimum atomic E-state index is 0.0619. The molecule has 0 spiro atoms. The van der Waals surface area contributed by atoms with Gasteiger partial charge in [-0.1, -0.05) is 19.1 Å². The van der Waals surface area contributed by atoms with E-state index in [1.54, 1.807) is 0 Å². The monoisotopic (exact) mass is 233 g/mol. The molecule has 0 aliphatic carbocycles. The second-order valence-corrected chi connectivity index (χ2v) is 5.45. The molecule has 0 bridgehead atoms. The van der Waals surface area contributed by atoms with Gasteiger partial charge in [0.25, 0.3) is 0 Å². The van der Waals surface area contributed by atoms with E-state index in [9.17, 15) is 4.79 Å². The Kier molecular flexibility index (Phi) is 4.33. The van der Waals surface area contributed by atoms with Crippen LogP contribution in [-0.4, -0.2) is 18.4 Å². The molecule has 2 nitrogen and oxygen atoms in total. The van der Waals surface area contributed by atoms with Gasteiger partial charge in [-0.3, -0.25) is 4.79 Å². The Labute approximate surface area is 105 Å². The first kappa shape index (κ1) is 13.8. The Morgan fingerprint density at radius 3 is 2.47 bits per heavy atom. The van der Waals surface area contributed by atoms with Gasteiger partial charge in [-0.25, -0.2) is 0 Å². The van der Waals surface area contributed by atoms with E-state index in [4.69, 9.17) is 0 Å². The van der Waals surface area contributed by atoms with Crippen molar-refractivity contribution in [1.29, 1.82) is 0 Å². The molecule has 94 valence electrons. The smallest absolute Gasteiger partial charge is 0.162 e. The summed E-state index contributed by atoms with van der Waals surface area (Å²) in [5, 5.41) is 0. The topological polar surface area (TPSA) is 20.3 Å². The number of carbonyl (C=O) groups is 1. The Bertz CT molecular complexity index is 390. The molecule has 0 aromatic heterocycles. The van der Waals surface area contributed by atoms with Crippen LogP contribution in [0.5, 0.6) is 0 Å². The Hall–Kier alpha value is -1.31. The van der Waals surface area contributed by atoms with Crippen LogP contribution < -0.4 is 4.90 Å². The molecule has 0 saturated carbocycles. The maximum atomic E-state index is 11.9. The lowest BCUT2D eigenvalue weighted by molar-refractivity contribution is 0.0981. The molecule has 0 radical (unpaired) electrons. The molecule has 17 heavy (non-hydrogen) atoms. The second-order valence-electron chi connectivity index (χ2n) is 5.45. The van der Waals surface area contributed by atoms with E-state index in [2.05, 4.69) is 32.7 Å². The van der Waals surface area contributed by atoms with Crippen LogP contribution in [-0.2, 0) is 0 Å². The summed E-state index contributed by atoms with van der Waals surface area (Å²) in [4.78, 5) is 14.0. The lowest BCUT2D eigenvalue weighted by Gasteiger charge is -2.34. The summed E-state index contributed by atoms with van der Waals surface area (Å²) < 4.78 is 0. The van der Waals surface area contributed by atoms with E-state index in [0.29, 0.717) is 6.42 Å². The molecule has 0 aliphatic rings. The third-order valence-corrected chi connectivity index (χ3v) is 3.04. The number of hydrogen-bond donors (Lipinski definition) is 0. The molecular formula is C15H23NO. The summed E-state index contributed by atoms with van der Waals surface area (Å²) in [7, 11) is 2.06. The SMILES string of the molecule is CCCC(=O)c1cccc(N(C)C(C)(C)C)c1. The van der Waals surface area contributed by atoms with Gasteiger partial charge < -0.3 is 4.90 Å². The molecule has 0 atom stereocenters. The lowest BCUT2D eigenvalue weighted by atomic mass is 10.0. The van der Waals surface area contributed by atoms with Crippen molar-refractivity contribution in [3.8, 4) is 0 Å². The first-order valence-electron chi connectivity index (χ1n) is 6.23. The quantitative estimate of drug-likeness (QED) is 0.735. The van der Waals surface area contributed by atoms with Crippen LogP contribution in [0.2, 0.25) is 0 Å². The first-order valence-corrected chi connectivity index (χ1v) is 6.23. The fourth-order valence-corrected chi connectivity index (χ4v) is 1.65. The largest absolute Gasteiger partial charge is 0.370 e. The summed E-state index contributed by atoms with van der Waals surface area (Å²) in [6, 6.07) is 7.90. The number of benzene rings is 1. The minimum absolute atomic E-state index is 0.0619. The molecule has 0 unspecified atom stereocenters. The van der Waals surface area contributed by atoms with Crippen LogP contribution in [0.15, 0.2) is 24.3 Å². The van der Waals surface area contributed by atoms with Crippen LogP contribution in [0.25, 0.3) is 0 Å². The van der Waals surface area contributed by atoms with Crippen LogP contribution in [0, 0.1) is 0 Å². The van der Waals surface area contributed by atoms with Crippen molar-refractivity contribution < 1.29 is 4.79 Å². The third-order valence-electron chi connectivity index (χ3n) is 3.04. The van der Waals surface area contributed by atoms with Crippen molar-refractivity contribution in [3.63, 3.8) is 0 Å². The van der Waals surface area contributed by atoms with Crippen molar-refractivity contribution in [2.45, 2.75) is 46.1 Å². The highest BCUT2D eigenvalue weighted by Crippen LogP contribution is 2.23. The fraction of sp³-hybridized carbons (Fsp3) is 0.533. The lowest BCUT2D eigenvalue weighted by Crippen LogP contribution is -2.38. The summed E-state index contributed by atoms with van der Waals surface area (Å²) in [5.74, 6) is 0.233. The van der Waals surface area contributed by atoms with Crippen LogP contribution >= 0.6 is 0 Å². The van der Waals surface area contributed by atoms with E-state index in [1.165, 1.54) is 0 Å². The molecule has 1 aromatic carbocycles. The van der Waals surface area contributed by atoms with Gasteiger partial charge in [0.05, 0.1) is 0 Å². The summed E-state index contributed by atoms with van der Waals surface area (Å²) >= 11 is 0. The van der Waals surface area contributed by atoms with E-state index in [1.807, 2.05) is 31.2 Å². The maximum Gasteiger partial charge on any atom is 0.162 e. The van der Waals surface area contributed by atoms with E-state index >= 15 is 0 Å². The van der Waals surface area contributed by atoms with E-state index in [0.717, 1.165) is 17.7 Å². The van der Waals surface area contributed by atoms with Crippen molar-refractivity contribution in [3.05, 3.63) is 29.8 Å². The zero-order chi connectivity index (χ0) is 13.1. The zero-order valence-electron chi connectivity index (χ0n) is 11.6. The van der Waals surface area contributed by atoms with Gasteiger partial charge in [0.1, 0.15) is 0 Å². The van der Waals surface area contributed by atoms with Gasteiger partial charge in [0.15, 0.2) is 5.78 Å². The van der Waals surface area contributed by atoms with Crippen LogP contribution in [0.3, 0.4) is 0 Å². The molecule has 0 fully saturated rings. The second kappa shape index (κ2) is 5.35. The van der Waals surface area contributed by atoms with E-state index < -0.39 is 0 Å². The van der Waals surface area contributed by atoms with Gasteiger partial charge in [-0.15, -0.1) is 0 Å². The third kappa shape index (κ3) is 3.58. The summed E-state index contributed by atoms with van der Waals surface area (Å²) in [6.07, 6.45) is 1.53. The number of Topliss-reactive ketones (excluding diaryl/α,β-unsaturated/α-hetero) is 1. The zero-order valence-corrected chi connectivity index (χ0v) is 11.6. The highest BCUT2D eigenvalue weighted by Gasteiger charge is 2.18. The predicted molar refractivity (Wildman–Crippen MR) is 73.8 cm³/mol. The molecule has 1 rings (SSSR count). The molecular weight excluding hydrogens is 210 g/mol. The molecule has 0 amide bonds. The van der Waals surface area contributed by atoms with Crippen LogP contribution in [0.1, 0.15) is 50.9 Å². The Balaban J connectivity index is 2.97. The highest BCUT2D eigenvalue weighted by atomic mass is 16.1. The molecule has 0 heterocycles. The summed E-state index contributed by atoms with van der Waals surface area (Å²) in [6.45, 7) is 8.51. The van der Waals surface area contributed by atoms with Gasteiger partial charge in [-0.05, 0) is 39.3 Å². The highest BCUT2D eigenvalue weighted by molar-refractivity contribution is 5.96. The normalized spacial score (nSPS) is 11.4. The van der Waals surface area contributed by atoms with Gasteiger partial charge >= 0.3 is 0 Å². The van der Waals surface area contributed by atoms with Gasteiger partial charge in [0.2, 0.25) is 0 Å². The van der Waals surface area contributed by atoms with Crippen molar-refractivity contribution >= 4 is 11.5 Å². The number of hydrogen-bond acceptors (Lipinski definition) is 2. The standard InChI is InChI=1S/C15H23NO/c1-6-8-14(17)12-9-7-10-13(11-12)16(5)15(2,3)4/h7,9-11H,6,8H2,1-5H3. The van der Waals surface area contributed by atoms with E-state index in [-0.39, 0.29) is 11.3 Å². The Morgan fingerprint density at radius 1 is 1.29 bits per heavy atom. The number of carbonyl (C=O) groups excluding carboxylic acids is 1. The van der Waals surface area contributed by atoms with Gasteiger partial charge in [0, 0.05) is 30.3 Å². The van der Waals surface area contributed by atoms with Crippen molar-refractivity contribution in [2.75, 3.05) is 11.9 Å². The maximum absolute atomic E-state index is 11.9. The average Bonchev–Trinajstić information content (AvgIpc) is 2.27. The fourth-order valence-electron chi connectivity index (χ4n) is 1.65. The van der Waals surface area contributed by atoms with Crippen molar-refractivity contribution in [2.24, 2.45) is 0 Å². The van der Waals surface area contributed by atoms with Crippen LogP contribution in [0.4, 0.5) is 5.69 Å². The minimum Gasteiger partial charge on any atom is -0.370 e. The average molecular weight is 233 g/mol. The number of ketones is 1. The molecule has 0 saturated heterocycles. The molecule has 0 N–H and O–H groups in total. The number of nitrogens with zero attached hydrogens (tertiary/aromatic N) is 1. The van der Waals surface area contributed by atoms with Crippen molar-refractivity contribution in [1.82, 2.24) is 0 Å². The first-order chi connectivity index (χ1) is 7.86. The molecule has 0 aliphatic heterocycles. The predicted octanol–water partition coefficient (Wildman–Crippen LogP) is 3.90.